The van der Waals surface area contributed by atoms with Crippen molar-refractivity contribution in [3.63, 3.8) is 0 Å². The highest BCUT2D eigenvalue weighted by atomic mass is 79.9. The van der Waals surface area contributed by atoms with Crippen LogP contribution in [0, 0.1) is 0 Å². The predicted molar refractivity (Wildman–Crippen MR) is 90.1 cm³/mol. The van der Waals surface area contributed by atoms with E-state index in [1.165, 1.54) is 0 Å². The van der Waals surface area contributed by atoms with Crippen LogP contribution in [-0.2, 0) is 19.9 Å². The highest BCUT2D eigenvalue weighted by molar-refractivity contribution is 9.11. The van der Waals surface area contributed by atoms with Gasteiger partial charge in [-0.15, -0.1) is 0 Å². The van der Waals surface area contributed by atoms with E-state index in [1.54, 1.807) is 0 Å². The van der Waals surface area contributed by atoms with Crippen molar-refractivity contribution < 1.29 is 0 Å². The van der Waals surface area contributed by atoms with Crippen LogP contribution in [-0.4, -0.2) is 9.78 Å². The van der Waals surface area contributed by atoms with E-state index in [0.717, 1.165) is 37.3 Å². The van der Waals surface area contributed by atoms with E-state index >= 15 is 0 Å². The summed E-state index contributed by atoms with van der Waals surface area (Å²) in [4.78, 5) is 0. The minimum Gasteiger partial charge on any atom is -0.324 e. The van der Waals surface area contributed by atoms with Crippen molar-refractivity contribution in [1.82, 2.24) is 9.78 Å². The Morgan fingerprint density at radius 2 is 1.90 bits per heavy atom. The molecule has 0 saturated heterocycles. The maximum Gasteiger partial charge on any atom is 0.0850 e. The van der Waals surface area contributed by atoms with Gasteiger partial charge < -0.3 is 5.73 Å². The van der Waals surface area contributed by atoms with E-state index in [2.05, 4.69) is 37.0 Å². The first kappa shape index (κ1) is 16.0. The number of benzene rings is 1. The fraction of sp³-hybridized carbons (Fsp3) is 0.357. The molecule has 3 nitrogen and oxygen atoms in total. The Balaban J connectivity index is 2.27. The molecule has 1 aromatic carbocycles. The van der Waals surface area contributed by atoms with Gasteiger partial charge in [0.2, 0.25) is 0 Å². The van der Waals surface area contributed by atoms with Crippen molar-refractivity contribution in [2.45, 2.75) is 25.8 Å². The Morgan fingerprint density at radius 1 is 1.30 bits per heavy atom. The van der Waals surface area contributed by atoms with Crippen LogP contribution in [0.1, 0.15) is 29.9 Å². The lowest BCUT2D eigenvalue weighted by molar-refractivity contribution is 0.638. The van der Waals surface area contributed by atoms with Gasteiger partial charge in [-0.25, -0.2) is 0 Å². The van der Waals surface area contributed by atoms with E-state index in [4.69, 9.17) is 17.3 Å². The van der Waals surface area contributed by atoms with Crippen LogP contribution in [0.25, 0.3) is 0 Å². The molecule has 0 bridgehead atoms. The zero-order chi connectivity index (χ0) is 14.9. The van der Waals surface area contributed by atoms with E-state index in [1.807, 2.05) is 36.9 Å². The molecule has 1 atom stereocenters. The second-order valence-electron chi connectivity index (χ2n) is 4.70. The molecule has 0 saturated carbocycles. The fourth-order valence-electron chi connectivity index (χ4n) is 2.16. The van der Waals surface area contributed by atoms with Crippen molar-refractivity contribution in [2.75, 3.05) is 0 Å². The molecule has 6 heteroatoms. The van der Waals surface area contributed by atoms with E-state index in [-0.39, 0.29) is 6.04 Å². The minimum absolute atomic E-state index is 0.124. The molecule has 0 aliphatic rings. The van der Waals surface area contributed by atoms with Gasteiger partial charge in [0.25, 0.3) is 0 Å². The number of nitrogens with two attached hydrogens (primary N) is 1. The highest BCUT2D eigenvalue weighted by Crippen LogP contribution is 2.28. The lowest BCUT2D eigenvalue weighted by Gasteiger charge is -2.13. The molecule has 2 N–H and O–H groups in total. The van der Waals surface area contributed by atoms with Gasteiger partial charge in [0.1, 0.15) is 0 Å². The Kier molecular flexibility index (Phi) is 5.29. The van der Waals surface area contributed by atoms with E-state index in [0.29, 0.717) is 6.42 Å². The van der Waals surface area contributed by atoms with Gasteiger partial charge in [0, 0.05) is 28.5 Å². The maximum atomic E-state index is 6.37. The normalized spacial score (nSPS) is 12.7. The van der Waals surface area contributed by atoms with Gasteiger partial charge in [-0.2, -0.15) is 5.10 Å². The number of hydrogen-bond donors (Lipinski definition) is 1. The standard InChI is InChI=1S/C14H16Br2ClN3/c1-3-12-14(17)13(20(2)19-12)7-11(18)8-4-9(15)6-10(16)5-8/h4-6,11H,3,7,18H2,1-2H3. The monoisotopic (exact) mass is 419 g/mol. The summed E-state index contributed by atoms with van der Waals surface area (Å²) in [6.45, 7) is 2.04. The summed E-state index contributed by atoms with van der Waals surface area (Å²) < 4.78 is 3.83. The molecule has 0 aliphatic carbocycles. The molecule has 20 heavy (non-hydrogen) atoms. The van der Waals surface area contributed by atoms with Gasteiger partial charge in [-0.1, -0.05) is 50.4 Å². The molecule has 0 amide bonds. The molecule has 0 spiro atoms. The van der Waals surface area contributed by atoms with E-state index in [9.17, 15) is 0 Å². The molecule has 1 unspecified atom stereocenters. The van der Waals surface area contributed by atoms with Crippen LogP contribution in [0.4, 0.5) is 0 Å². The average Bonchev–Trinajstić information content (AvgIpc) is 2.65. The van der Waals surface area contributed by atoms with Crippen LogP contribution in [0.3, 0.4) is 0 Å². The maximum absolute atomic E-state index is 6.37. The number of hydrogen-bond acceptors (Lipinski definition) is 2. The molecule has 2 rings (SSSR count). The van der Waals surface area contributed by atoms with Crippen LogP contribution < -0.4 is 5.73 Å². The second kappa shape index (κ2) is 6.60. The SMILES string of the molecule is CCc1nn(C)c(CC(N)c2cc(Br)cc(Br)c2)c1Cl. The molecule has 0 fully saturated rings. The third-order valence-electron chi connectivity index (χ3n) is 3.23. The summed E-state index contributed by atoms with van der Waals surface area (Å²) in [5.41, 5.74) is 9.27. The number of aromatic nitrogens is 2. The van der Waals surface area contributed by atoms with Gasteiger partial charge in [-0.3, -0.25) is 4.68 Å². The second-order valence-corrected chi connectivity index (χ2v) is 6.91. The molecule has 0 radical (unpaired) electrons. The highest BCUT2D eigenvalue weighted by Gasteiger charge is 2.17. The molecular weight excluding hydrogens is 405 g/mol. The lowest BCUT2D eigenvalue weighted by atomic mass is 10.0. The number of rotatable bonds is 4. The summed E-state index contributed by atoms with van der Waals surface area (Å²) in [6.07, 6.45) is 1.48. The molecule has 1 heterocycles. The van der Waals surface area contributed by atoms with Crippen LogP contribution in [0.15, 0.2) is 27.1 Å². The van der Waals surface area contributed by atoms with Crippen molar-refractivity contribution in [3.05, 3.63) is 49.1 Å². The first-order valence-corrected chi connectivity index (χ1v) is 8.30. The fourth-order valence-corrected chi connectivity index (χ4v) is 3.86. The third kappa shape index (κ3) is 3.45. The summed E-state index contributed by atoms with van der Waals surface area (Å²) in [5.74, 6) is 0. The minimum atomic E-state index is -0.124. The van der Waals surface area contributed by atoms with Gasteiger partial charge in [0.05, 0.1) is 16.4 Å². The zero-order valence-corrected chi connectivity index (χ0v) is 15.3. The molecule has 108 valence electrons. The molecule has 0 aliphatic heterocycles. The van der Waals surface area contributed by atoms with Gasteiger partial charge >= 0.3 is 0 Å². The van der Waals surface area contributed by atoms with Crippen LogP contribution in [0.5, 0.6) is 0 Å². The number of halogens is 3. The quantitative estimate of drug-likeness (QED) is 0.795. The Hall–Kier alpha value is -0.360. The third-order valence-corrected chi connectivity index (χ3v) is 4.58. The summed E-state index contributed by atoms with van der Waals surface area (Å²) in [7, 11) is 1.91. The van der Waals surface area contributed by atoms with E-state index < -0.39 is 0 Å². The first-order chi connectivity index (χ1) is 9.42. The van der Waals surface area contributed by atoms with Crippen molar-refractivity contribution in [2.24, 2.45) is 12.8 Å². The Labute approximate surface area is 140 Å². The smallest absolute Gasteiger partial charge is 0.0850 e. The summed E-state index contributed by atoms with van der Waals surface area (Å²) in [6, 6.07) is 5.92. The topological polar surface area (TPSA) is 43.8 Å². The zero-order valence-electron chi connectivity index (χ0n) is 11.3. The van der Waals surface area contributed by atoms with Gasteiger partial charge in [-0.05, 0) is 30.2 Å². The predicted octanol–water partition coefficient (Wildman–Crippen LogP) is 4.40. The van der Waals surface area contributed by atoms with Gasteiger partial charge in [0.15, 0.2) is 0 Å². The first-order valence-electron chi connectivity index (χ1n) is 6.34. The Morgan fingerprint density at radius 3 is 2.40 bits per heavy atom. The average molecular weight is 422 g/mol. The van der Waals surface area contributed by atoms with Crippen molar-refractivity contribution in [3.8, 4) is 0 Å². The van der Waals surface area contributed by atoms with Crippen LogP contribution in [0.2, 0.25) is 5.02 Å². The Bertz CT molecular complexity index is 605. The van der Waals surface area contributed by atoms with Crippen molar-refractivity contribution in [1.29, 1.82) is 0 Å². The number of aryl methyl sites for hydroxylation is 2. The van der Waals surface area contributed by atoms with Crippen molar-refractivity contribution >= 4 is 43.5 Å². The van der Waals surface area contributed by atoms with Crippen LogP contribution >= 0.6 is 43.5 Å². The summed E-state index contributed by atoms with van der Waals surface area (Å²) >= 11 is 13.3. The molecular formula is C14H16Br2ClN3. The number of nitrogens with zero attached hydrogens (tertiary/aromatic N) is 2. The summed E-state index contributed by atoms with van der Waals surface area (Å²) in [5, 5.41) is 5.16. The molecule has 1 aromatic heterocycles. The largest absolute Gasteiger partial charge is 0.324 e. The lowest BCUT2D eigenvalue weighted by Crippen LogP contribution is -2.15. The molecule has 2 aromatic rings.